The van der Waals surface area contributed by atoms with Crippen molar-refractivity contribution in [1.29, 1.82) is 0 Å². The third-order valence-corrected chi connectivity index (χ3v) is 1.77. The molecule has 0 aliphatic carbocycles. The van der Waals surface area contributed by atoms with Crippen LogP contribution in [0.1, 0.15) is 0 Å². The smallest absolute Gasteiger partial charge is 0.265 e. The van der Waals surface area contributed by atoms with Crippen molar-refractivity contribution in [1.82, 2.24) is 0 Å². The molecular formula is C6H2BrFNO3-. The van der Waals surface area contributed by atoms with Crippen molar-refractivity contribution >= 4 is 21.6 Å². The van der Waals surface area contributed by atoms with E-state index < -0.39 is 22.2 Å². The lowest BCUT2D eigenvalue weighted by molar-refractivity contribution is -0.398. The van der Waals surface area contributed by atoms with Gasteiger partial charge in [0.05, 0.1) is 11.0 Å². The van der Waals surface area contributed by atoms with Gasteiger partial charge in [-0.25, -0.2) is 4.39 Å². The molecule has 0 aromatic heterocycles. The van der Waals surface area contributed by atoms with E-state index in [-0.39, 0.29) is 4.47 Å². The van der Waals surface area contributed by atoms with Crippen LogP contribution >= 0.6 is 15.9 Å². The predicted octanol–water partition coefficient (Wildman–Crippen LogP) is 1.57. The standard InChI is InChI=1S/C6H3BrFNO3/c7-4-1-3(8)2-5(6(4)10)9(11)12/h1-2,10H/p-1. The number of nitrogens with zero attached hydrogens (tertiary/aromatic N) is 1. The van der Waals surface area contributed by atoms with Crippen LogP contribution in [0.5, 0.6) is 5.75 Å². The maximum absolute atomic E-state index is 12.5. The van der Waals surface area contributed by atoms with Gasteiger partial charge in [0, 0.05) is 4.47 Å². The topological polar surface area (TPSA) is 66.2 Å². The van der Waals surface area contributed by atoms with Crippen molar-refractivity contribution in [2.24, 2.45) is 0 Å². The second-order valence-electron chi connectivity index (χ2n) is 1.99. The molecule has 1 rings (SSSR count). The summed E-state index contributed by atoms with van der Waals surface area (Å²) in [6.07, 6.45) is 0. The van der Waals surface area contributed by atoms with Crippen LogP contribution in [0.3, 0.4) is 0 Å². The van der Waals surface area contributed by atoms with Gasteiger partial charge >= 0.3 is 0 Å². The molecule has 0 saturated carbocycles. The molecule has 0 amide bonds. The van der Waals surface area contributed by atoms with E-state index in [4.69, 9.17) is 0 Å². The predicted molar refractivity (Wildman–Crippen MR) is 40.2 cm³/mol. The van der Waals surface area contributed by atoms with Gasteiger partial charge < -0.3 is 5.11 Å². The minimum atomic E-state index is -0.920. The van der Waals surface area contributed by atoms with E-state index in [0.717, 1.165) is 6.07 Å². The lowest BCUT2D eigenvalue weighted by Crippen LogP contribution is -1.99. The Hall–Kier alpha value is -1.17. The van der Waals surface area contributed by atoms with Crippen molar-refractivity contribution in [3.8, 4) is 5.75 Å². The number of rotatable bonds is 1. The largest absolute Gasteiger partial charge is 0.867 e. The highest BCUT2D eigenvalue weighted by Crippen LogP contribution is 2.31. The molecule has 64 valence electrons. The Kier molecular flexibility index (Phi) is 2.27. The molecule has 0 saturated heterocycles. The van der Waals surface area contributed by atoms with Gasteiger partial charge in [0.25, 0.3) is 5.69 Å². The second kappa shape index (κ2) is 3.06. The molecule has 0 aliphatic rings. The maximum Gasteiger partial charge on any atom is 0.265 e. The normalized spacial score (nSPS) is 9.83. The first-order valence-corrected chi connectivity index (χ1v) is 3.62. The molecule has 1 aromatic carbocycles. The average molecular weight is 235 g/mol. The number of benzene rings is 1. The number of nitro groups is 1. The van der Waals surface area contributed by atoms with Crippen molar-refractivity contribution < 1.29 is 14.4 Å². The summed E-state index contributed by atoms with van der Waals surface area (Å²) in [4.78, 5) is 9.22. The second-order valence-corrected chi connectivity index (χ2v) is 2.85. The Balaban J connectivity index is 3.37. The highest BCUT2D eigenvalue weighted by atomic mass is 79.9. The van der Waals surface area contributed by atoms with Crippen molar-refractivity contribution in [3.63, 3.8) is 0 Å². The molecule has 6 heteroatoms. The quantitative estimate of drug-likeness (QED) is 0.548. The molecule has 0 unspecified atom stereocenters. The lowest BCUT2D eigenvalue weighted by atomic mass is 10.3. The zero-order valence-corrected chi connectivity index (χ0v) is 7.17. The first-order chi connectivity index (χ1) is 5.52. The third-order valence-electron chi connectivity index (χ3n) is 1.19. The zero-order valence-electron chi connectivity index (χ0n) is 5.58. The van der Waals surface area contributed by atoms with Crippen LogP contribution in [0.4, 0.5) is 10.1 Å². The Morgan fingerprint density at radius 3 is 2.58 bits per heavy atom. The maximum atomic E-state index is 12.5. The van der Waals surface area contributed by atoms with Gasteiger partial charge in [0.2, 0.25) is 0 Å². The summed E-state index contributed by atoms with van der Waals surface area (Å²) in [5.74, 6) is -1.63. The molecule has 0 N–H and O–H groups in total. The van der Waals surface area contributed by atoms with E-state index >= 15 is 0 Å². The fourth-order valence-corrected chi connectivity index (χ4v) is 1.10. The molecule has 0 heterocycles. The van der Waals surface area contributed by atoms with Crippen LogP contribution in [0.15, 0.2) is 16.6 Å². The summed E-state index contributed by atoms with van der Waals surface area (Å²) in [5, 5.41) is 21.1. The summed E-state index contributed by atoms with van der Waals surface area (Å²) < 4.78 is 12.4. The van der Waals surface area contributed by atoms with E-state index in [9.17, 15) is 19.6 Å². The summed E-state index contributed by atoms with van der Waals surface area (Å²) >= 11 is 2.71. The Bertz CT molecular complexity index is 342. The molecule has 12 heavy (non-hydrogen) atoms. The molecule has 1 aromatic rings. The lowest BCUT2D eigenvalue weighted by Gasteiger charge is -2.08. The first-order valence-electron chi connectivity index (χ1n) is 2.83. The fraction of sp³-hybridized carbons (Fsp3) is 0. The molecule has 0 spiro atoms. The fourth-order valence-electron chi connectivity index (χ4n) is 0.682. The van der Waals surface area contributed by atoms with Gasteiger partial charge in [-0.05, 0) is 11.8 Å². The minimum Gasteiger partial charge on any atom is -0.867 e. The van der Waals surface area contributed by atoms with Crippen LogP contribution in [-0.4, -0.2) is 4.92 Å². The zero-order chi connectivity index (χ0) is 9.30. The Labute approximate surface area is 74.9 Å². The van der Waals surface area contributed by atoms with Gasteiger partial charge in [-0.2, -0.15) is 0 Å². The van der Waals surface area contributed by atoms with Crippen LogP contribution in [0, 0.1) is 15.9 Å². The van der Waals surface area contributed by atoms with Crippen molar-refractivity contribution in [2.45, 2.75) is 0 Å². The molecule has 0 radical (unpaired) electrons. The number of hydrogen-bond acceptors (Lipinski definition) is 3. The Morgan fingerprint density at radius 2 is 2.08 bits per heavy atom. The van der Waals surface area contributed by atoms with E-state index in [1.165, 1.54) is 0 Å². The summed E-state index contributed by atoms with van der Waals surface area (Å²) in [7, 11) is 0. The highest BCUT2D eigenvalue weighted by molar-refractivity contribution is 9.10. The monoisotopic (exact) mass is 234 g/mol. The van der Waals surface area contributed by atoms with Gasteiger partial charge in [0.15, 0.2) is 0 Å². The average Bonchev–Trinajstić information content (AvgIpc) is 1.96. The molecule has 0 atom stereocenters. The Morgan fingerprint density at radius 1 is 1.50 bits per heavy atom. The van der Waals surface area contributed by atoms with Gasteiger partial charge in [-0.15, -0.1) is 0 Å². The highest BCUT2D eigenvalue weighted by Gasteiger charge is 2.10. The molecule has 0 fully saturated rings. The van der Waals surface area contributed by atoms with E-state index in [1.54, 1.807) is 0 Å². The van der Waals surface area contributed by atoms with E-state index in [2.05, 4.69) is 15.9 Å². The van der Waals surface area contributed by atoms with Gasteiger partial charge in [-0.3, -0.25) is 10.1 Å². The van der Waals surface area contributed by atoms with Crippen LogP contribution in [0.25, 0.3) is 0 Å². The number of nitro benzene ring substituents is 1. The van der Waals surface area contributed by atoms with Gasteiger partial charge in [-0.1, -0.05) is 15.9 Å². The molecule has 0 bridgehead atoms. The first kappa shape index (κ1) is 8.92. The summed E-state index contributed by atoms with van der Waals surface area (Å²) in [6.45, 7) is 0. The molecule has 4 nitrogen and oxygen atoms in total. The van der Waals surface area contributed by atoms with Crippen molar-refractivity contribution in [3.05, 3.63) is 32.5 Å². The van der Waals surface area contributed by atoms with Crippen LogP contribution < -0.4 is 5.11 Å². The SMILES string of the molecule is O=[N+]([O-])c1cc(F)cc(Br)c1[O-]. The van der Waals surface area contributed by atoms with Crippen molar-refractivity contribution in [2.75, 3.05) is 0 Å². The van der Waals surface area contributed by atoms with E-state index in [0.29, 0.717) is 6.07 Å². The number of hydrogen-bond donors (Lipinski definition) is 0. The van der Waals surface area contributed by atoms with Gasteiger partial charge in [0.1, 0.15) is 5.82 Å². The summed E-state index contributed by atoms with van der Waals surface area (Å²) in [6, 6.07) is 1.47. The minimum absolute atomic E-state index is 0.144. The summed E-state index contributed by atoms with van der Waals surface area (Å²) in [5.41, 5.74) is -0.762. The molecular weight excluding hydrogens is 233 g/mol. The van der Waals surface area contributed by atoms with Crippen LogP contribution in [0.2, 0.25) is 0 Å². The third kappa shape index (κ3) is 1.53. The molecule has 0 aliphatic heterocycles. The van der Waals surface area contributed by atoms with E-state index in [1.807, 2.05) is 0 Å². The number of halogens is 2. The van der Waals surface area contributed by atoms with Crippen LogP contribution in [-0.2, 0) is 0 Å².